The number of esters is 1. The van der Waals surface area contributed by atoms with E-state index >= 15 is 0 Å². The highest BCUT2D eigenvalue weighted by Crippen LogP contribution is 2.38. The van der Waals surface area contributed by atoms with Gasteiger partial charge in [0.1, 0.15) is 30.1 Å². The van der Waals surface area contributed by atoms with Crippen LogP contribution in [0.4, 0.5) is 0 Å². The Kier molecular flexibility index (Phi) is 19.4. The van der Waals surface area contributed by atoms with E-state index in [4.69, 9.17) is 36.6 Å². The van der Waals surface area contributed by atoms with E-state index in [2.05, 4.69) is 6.58 Å². The van der Waals surface area contributed by atoms with E-state index in [0.29, 0.717) is 62.5 Å². The molecule has 14 nitrogen and oxygen atoms in total. The van der Waals surface area contributed by atoms with Crippen LogP contribution in [0.1, 0.15) is 134 Å². The van der Waals surface area contributed by atoms with Gasteiger partial charge < -0.3 is 48.6 Å². The third-order valence-electron chi connectivity index (χ3n) is 14.7. The van der Waals surface area contributed by atoms with Gasteiger partial charge in [-0.3, -0.25) is 14.4 Å². The number of ketones is 2. The third-order valence-corrected chi connectivity index (χ3v) is 14.7. The second-order valence-corrected chi connectivity index (χ2v) is 19.9. The first-order valence-corrected chi connectivity index (χ1v) is 24.7. The number of piperidine rings is 1. The molecule has 0 aromatic carbocycles. The van der Waals surface area contributed by atoms with Crippen LogP contribution >= 0.6 is 0 Å². The van der Waals surface area contributed by atoms with E-state index in [1.165, 1.54) is 20.1 Å². The zero-order chi connectivity index (χ0) is 55.3. The summed E-state index contributed by atoms with van der Waals surface area (Å²) in [6.45, 7) is 11.9. The van der Waals surface area contributed by atoms with Crippen molar-refractivity contribution in [3.05, 3.63) is 59.8 Å². The average molecular weight is 962 g/mol. The number of fused-ring (bicyclic) bond motifs is 3. The van der Waals surface area contributed by atoms with Crippen molar-refractivity contribution in [2.24, 2.45) is 35.5 Å². The van der Waals surface area contributed by atoms with Crippen LogP contribution in [0, 0.1) is 35.5 Å². The molecule has 0 spiro atoms. The Bertz CT molecular complexity index is 2020. The number of carbonyl (C=O) groups is 4. The van der Waals surface area contributed by atoms with E-state index in [-0.39, 0.29) is 74.6 Å². The predicted octanol–water partition coefficient (Wildman–Crippen LogP) is 7.18. The summed E-state index contributed by atoms with van der Waals surface area (Å²) < 4.78 is 84.6. The number of ether oxygens (including phenoxy) is 6. The van der Waals surface area contributed by atoms with Crippen LogP contribution in [-0.4, -0.2) is 139 Å². The van der Waals surface area contributed by atoms with E-state index < -0.39 is 104 Å². The quantitative estimate of drug-likeness (QED) is 0.120. The molecule has 4 aliphatic rings. The van der Waals surface area contributed by atoms with Gasteiger partial charge in [0.05, 0.1) is 41.7 Å². The summed E-state index contributed by atoms with van der Waals surface area (Å²) >= 11 is 0. The number of aliphatic hydroxyl groups excluding tert-OH is 2. The summed E-state index contributed by atoms with van der Waals surface area (Å²) in [6.07, 6.45) is 7.96. The molecule has 1 aliphatic carbocycles. The monoisotopic (exact) mass is 962 g/mol. The van der Waals surface area contributed by atoms with Gasteiger partial charge >= 0.3 is 5.97 Å². The van der Waals surface area contributed by atoms with Gasteiger partial charge in [-0.25, -0.2) is 4.79 Å². The van der Waals surface area contributed by atoms with Crippen LogP contribution in [0.5, 0.6) is 0 Å². The molecule has 1 saturated carbocycles. The van der Waals surface area contributed by atoms with E-state index in [9.17, 15) is 34.5 Å². The van der Waals surface area contributed by atoms with Crippen molar-refractivity contribution >= 4 is 23.4 Å². The Hall–Kier alpha value is -3.34. The van der Waals surface area contributed by atoms with E-state index in [0.717, 1.165) is 4.90 Å². The van der Waals surface area contributed by atoms with Crippen LogP contribution in [0.3, 0.4) is 0 Å². The fourth-order valence-electron chi connectivity index (χ4n) is 10.3. The molecule has 3 heterocycles. The second-order valence-electron chi connectivity index (χ2n) is 19.9. The minimum Gasteiger partial charge on any atom is -0.460 e. The number of allylic oxidation sites excluding steroid dienone is 6. The summed E-state index contributed by atoms with van der Waals surface area (Å²) in [4.78, 5) is 59.0. The SMILES string of the molecule is [2H]C([2H])([2H])O[C@H]1C[C@@H]2CC[C@@H](C)[C@@](O)(O2)C(=O)C(=O)N2CCCC[C@H]2C(=O)O[C@H]([C@H](C)C[C@@H]2CC[C@@H](OCCO)[C@H](OC)C2)CC(=O)[C@H](C([2H])([2H])[2H])/C=C(\C)[C@@H](O)[C@@H](OC)C(=C)[C@H](C)C[C@H](C)/C=C/C=C/C=C/1C. The van der Waals surface area contributed by atoms with Gasteiger partial charge in [0, 0.05) is 56.6 Å². The highest BCUT2D eigenvalue weighted by atomic mass is 16.6. The lowest BCUT2D eigenvalue weighted by Gasteiger charge is -2.42. The first kappa shape index (κ1) is 48.3. The van der Waals surface area contributed by atoms with E-state index in [1.54, 1.807) is 46.1 Å². The number of nitrogens with zero attached hydrogens (tertiary/aromatic N) is 1. The van der Waals surface area contributed by atoms with Gasteiger partial charge in [-0.05, 0) is 118 Å². The number of amides is 1. The Morgan fingerprint density at radius 1 is 0.941 bits per heavy atom. The molecule has 0 aromatic heterocycles. The van der Waals surface area contributed by atoms with Crippen LogP contribution in [0.15, 0.2) is 59.8 Å². The van der Waals surface area contributed by atoms with Crippen LogP contribution in [-0.2, 0) is 47.6 Å². The van der Waals surface area contributed by atoms with Crippen molar-refractivity contribution in [3.63, 3.8) is 0 Å². The number of Topliss-reactive ketones (excluding diaryl/α,β-unsaturated/α-hetero) is 2. The molecule has 2 bridgehead atoms. The van der Waals surface area contributed by atoms with Crippen molar-refractivity contribution in [2.75, 3.05) is 41.0 Å². The maximum atomic E-state index is 14.6. The first-order valence-electron chi connectivity index (χ1n) is 27.7. The number of rotatable bonds is 9. The Balaban J connectivity index is 1.79. The lowest BCUT2D eigenvalue weighted by atomic mass is 9.78. The molecule has 3 fully saturated rings. The smallest absolute Gasteiger partial charge is 0.329 e. The topological polar surface area (TPSA) is 188 Å². The van der Waals surface area contributed by atoms with Gasteiger partial charge in [-0.15, -0.1) is 0 Å². The van der Waals surface area contributed by atoms with Gasteiger partial charge in [-0.2, -0.15) is 0 Å². The van der Waals surface area contributed by atoms with Gasteiger partial charge in [0.2, 0.25) is 5.79 Å². The zero-order valence-electron chi connectivity index (χ0n) is 47.7. The summed E-state index contributed by atoms with van der Waals surface area (Å²) in [5, 5.41) is 33.2. The number of hydrogen-bond donors (Lipinski definition) is 3. The molecule has 0 unspecified atom stereocenters. The van der Waals surface area contributed by atoms with Crippen LogP contribution in [0.2, 0.25) is 0 Å². The molecule has 3 N–H and O–H groups in total. The van der Waals surface area contributed by atoms with Crippen molar-refractivity contribution in [3.8, 4) is 0 Å². The highest BCUT2D eigenvalue weighted by Gasteiger charge is 2.53. The minimum absolute atomic E-state index is 0.00280. The summed E-state index contributed by atoms with van der Waals surface area (Å²) in [7, 11) is 0.179. The van der Waals surface area contributed by atoms with Gasteiger partial charge in [0.15, 0.2) is 0 Å². The molecule has 68 heavy (non-hydrogen) atoms. The highest BCUT2D eigenvalue weighted by molar-refractivity contribution is 6.39. The molecule has 15 atom stereocenters. The largest absolute Gasteiger partial charge is 0.460 e. The molecular weight excluding hydrogens is 871 g/mol. The Morgan fingerprint density at radius 2 is 1.71 bits per heavy atom. The molecule has 0 aromatic rings. The minimum atomic E-state index is -2.89. The fourth-order valence-corrected chi connectivity index (χ4v) is 10.3. The molecule has 4 rings (SSSR count). The average Bonchev–Trinajstić information content (AvgIpc) is 3.33. The van der Waals surface area contributed by atoms with Gasteiger partial charge in [-0.1, -0.05) is 77.6 Å². The fraction of sp³-hybridized carbons (Fsp3) is 0.741. The molecule has 384 valence electrons. The molecule has 3 aliphatic heterocycles. The zero-order valence-corrected chi connectivity index (χ0v) is 41.7. The third kappa shape index (κ3) is 15.3. The van der Waals surface area contributed by atoms with Crippen molar-refractivity contribution < 1.29 is 71.1 Å². The summed E-state index contributed by atoms with van der Waals surface area (Å²) in [6, 6.07) is -1.32. The second kappa shape index (κ2) is 27.3. The number of carbonyl (C=O) groups excluding carboxylic acids is 4. The molecule has 2 saturated heterocycles. The Morgan fingerprint density at radius 3 is 2.40 bits per heavy atom. The van der Waals surface area contributed by atoms with E-state index in [1.807, 2.05) is 26.0 Å². The lowest BCUT2D eigenvalue weighted by Crippen LogP contribution is -2.61. The van der Waals surface area contributed by atoms with Gasteiger partial charge in [0.25, 0.3) is 11.7 Å². The maximum Gasteiger partial charge on any atom is 0.329 e. The summed E-state index contributed by atoms with van der Waals surface area (Å²) in [5.41, 5.74) is 1.24. The lowest BCUT2D eigenvalue weighted by molar-refractivity contribution is -0.265. The molecule has 1 amide bonds. The number of methoxy groups -OCH3 is 3. The predicted molar refractivity (Wildman–Crippen MR) is 260 cm³/mol. The maximum absolute atomic E-state index is 14.6. The molecule has 0 radical (unpaired) electrons. The number of cyclic esters (lactones) is 1. The van der Waals surface area contributed by atoms with Crippen LogP contribution < -0.4 is 0 Å². The molecular formula is C54H85NO13. The number of aliphatic hydroxyl groups is 3. The van der Waals surface area contributed by atoms with Crippen molar-refractivity contribution in [2.45, 2.75) is 180 Å². The normalized spacial score (nSPS) is 40.8. The van der Waals surface area contributed by atoms with Crippen molar-refractivity contribution in [1.82, 2.24) is 4.90 Å². The first-order chi connectivity index (χ1) is 34.6. The van der Waals surface area contributed by atoms with Crippen molar-refractivity contribution in [1.29, 1.82) is 0 Å². The molecule has 14 heteroatoms. The van der Waals surface area contributed by atoms with Crippen LogP contribution in [0.25, 0.3) is 0 Å². The summed E-state index contributed by atoms with van der Waals surface area (Å²) in [5.74, 6) is -10.1. The number of hydrogen-bond acceptors (Lipinski definition) is 13. The standard InChI is InChI=1S/C54H85NO13/c1-33-17-13-12-14-18-34(2)46(63-9)31-42-22-20-39(7)54(62,68-42)51(59)52(60)55-24-16-15-19-43(55)53(61)67-47(37(5)29-41-21-23-45(66-26-25-56)48(30-41)64-10)32-44(57)36(4)28-38(6)49(58)50(65-11)40(8)35(3)27-33/h12-14,17-18,28,33,35-37,39,41-43,45-50,56,58,62H,8,15-16,19-27,29-32H2,1-7,9-11H3/b14-12+,17-13+,34-18+,38-28+/t33-,35-,36-,37-,39-,41+,42+,43+,45-,46+,47+,48-,49-,50+,54-/m1/s1/i4D3,9D3. The Labute approximate surface area is 415 Å².